The van der Waals surface area contributed by atoms with Crippen molar-refractivity contribution in [3.8, 4) is 0 Å². The fourth-order valence-electron chi connectivity index (χ4n) is 2.24. The topological polar surface area (TPSA) is 15.3 Å². The second kappa shape index (κ2) is 11.0. The molecule has 2 heteroatoms. The van der Waals surface area contributed by atoms with E-state index in [1.807, 2.05) is 0 Å². The molecule has 2 atom stereocenters. The van der Waals surface area contributed by atoms with Crippen molar-refractivity contribution in [2.75, 3.05) is 20.1 Å². The van der Waals surface area contributed by atoms with Gasteiger partial charge in [0.2, 0.25) is 0 Å². The van der Waals surface area contributed by atoms with E-state index in [2.05, 4.69) is 45.0 Å². The highest BCUT2D eigenvalue weighted by molar-refractivity contribution is 4.67. The second-order valence-electron chi connectivity index (χ2n) is 5.32. The Balaban J connectivity index is 3.65. The highest BCUT2D eigenvalue weighted by Gasteiger charge is 2.09. The summed E-state index contributed by atoms with van der Waals surface area (Å²) in [6.07, 6.45) is 7.75. The van der Waals surface area contributed by atoms with Gasteiger partial charge in [-0.2, -0.15) is 0 Å². The molecule has 0 aliphatic heterocycles. The highest BCUT2D eigenvalue weighted by Crippen LogP contribution is 2.07. The van der Waals surface area contributed by atoms with Gasteiger partial charge in [-0.05, 0) is 59.2 Å². The van der Waals surface area contributed by atoms with Crippen molar-refractivity contribution in [3.05, 3.63) is 0 Å². The molecule has 2 nitrogen and oxygen atoms in total. The van der Waals surface area contributed by atoms with Crippen LogP contribution < -0.4 is 5.32 Å². The van der Waals surface area contributed by atoms with E-state index in [9.17, 15) is 0 Å². The van der Waals surface area contributed by atoms with Crippen molar-refractivity contribution in [2.45, 2.75) is 78.3 Å². The molecule has 0 aromatic rings. The largest absolute Gasteiger partial charge is 0.314 e. The summed E-state index contributed by atoms with van der Waals surface area (Å²) in [6, 6.07) is 1.47. The van der Waals surface area contributed by atoms with E-state index in [1.165, 1.54) is 51.6 Å². The Morgan fingerprint density at radius 1 is 1.06 bits per heavy atom. The molecule has 0 aliphatic carbocycles. The van der Waals surface area contributed by atoms with Gasteiger partial charge in [-0.3, -0.25) is 0 Å². The first-order valence-electron chi connectivity index (χ1n) is 7.59. The molecular weight excluding hydrogens is 208 g/mol. The molecule has 0 aliphatic rings. The standard InChI is InChI=1S/C15H34N2/c1-6-10-14(4)17(5)13-9-11-15(8-3)16-12-7-2/h14-16H,6-13H2,1-5H3. The average Bonchev–Trinajstić information content (AvgIpc) is 2.33. The zero-order valence-electron chi connectivity index (χ0n) is 12.8. The maximum absolute atomic E-state index is 3.63. The second-order valence-corrected chi connectivity index (χ2v) is 5.32. The molecule has 1 N–H and O–H groups in total. The summed E-state index contributed by atoms with van der Waals surface area (Å²) >= 11 is 0. The van der Waals surface area contributed by atoms with E-state index in [0.717, 1.165) is 12.1 Å². The van der Waals surface area contributed by atoms with Gasteiger partial charge in [0.1, 0.15) is 0 Å². The molecule has 104 valence electrons. The van der Waals surface area contributed by atoms with Crippen LogP contribution in [0.15, 0.2) is 0 Å². The summed E-state index contributed by atoms with van der Waals surface area (Å²) < 4.78 is 0. The minimum absolute atomic E-state index is 0.727. The summed E-state index contributed by atoms with van der Waals surface area (Å²) in [5, 5.41) is 3.63. The molecule has 2 unspecified atom stereocenters. The average molecular weight is 242 g/mol. The van der Waals surface area contributed by atoms with Crippen LogP contribution in [0.3, 0.4) is 0 Å². The Morgan fingerprint density at radius 3 is 2.29 bits per heavy atom. The van der Waals surface area contributed by atoms with Gasteiger partial charge in [0, 0.05) is 12.1 Å². The van der Waals surface area contributed by atoms with Crippen molar-refractivity contribution in [1.82, 2.24) is 10.2 Å². The lowest BCUT2D eigenvalue weighted by molar-refractivity contribution is 0.236. The van der Waals surface area contributed by atoms with Gasteiger partial charge in [-0.1, -0.05) is 27.2 Å². The summed E-state index contributed by atoms with van der Waals surface area (Å²) in [5.74, 6) is 0. The third-order valence-corrected chi connectivity index (χ3v) is 3.70. The fraction of sp³-hybridized carbons (Fsp3) is 1.00. The van der Waals surface area contributed by atoms with Crippen LogP contribution in [0.5, 0.6) is 0 Å². The zero-order chi connectivity index (χ0) is 13.1. The van der Waals surface area contributed by atoms with Crippen LogP contribution in [0.1, 0.15) is 66.2 Å². The van der Waals surface area contributed by atoms with Crippen LogP contribution >= 0.6 is 0 Å². The van der Waals surface area contributed by atoms with E-state index < -0.39 is 0 Å². The molecule has 0 bridgehead atoms. The summed E-state index contributed by atoms with van der Waals surface area (Å²) in [7, 11) is 2.26. The molecule has 0 radical (unpaired) electrons. The van der Waals surface area contributed by atoms with Crippen LogP contribution in [-0.4, -0.2) is 37.1 Å². The number of rotatable bonds is 11. The predicted molar refractivity (Wildman–Crippen MR) is 78.6 cm³/mol. The quantitative estimate of drug-likeness (QED) is 0.595. The van der Waals surface area contributed by atoms with Gasteiger partial charge >= 0.3 is 0 Å². The van der Waals surface area contributed by atoms with Crippen LogP contribution in [0.25, 0.3) is 0 Å². The predicted octanol–water partition coefficient (Wildman–Crippen LogP) is 3.67. The third-order valence-electron chi connectivity index (χ3n) is 3.70. The van der Waals surface area contributed by atoms with Gasteiger partial charge in [0.25, 0.3) is 0 Å². The maximum atomic E-state index is 3.63. The number of nitrogens with one attached hydrogen (secondary N) is 1. The third kappa shape index (κ3) is 8.62. The molecule has 0 heterocycles. The Labute approximate surface area is 109 Å². The van der Waals surface area contributed by atoms with Crippen LogP contribution in [0.2, 0.25) is 0 Å². The minimum atomic E-state index is 0.727. The zero-order valence-corrected chi connectivity index (χ0v) is 12.8. The SMILES string of the molecule is CCCNC(CC)CCCN(C)C(C)CCC. The summed E-state index contributed by atoms with van der Waals surface area (Å²) in [4.78, 5) is 2.51. The first kappa shape index (κ1) is 16.9. The first-order valence-corrected chi connectivity index (χ1v) is 7.59. The molecule has 0 fully saturated rings. The molecule has 0 saturated carbocycles. The highest BCUT2D eigenvalue weighted by atomic mass is 15.1. The maximum Gasteiger partial charge on any atom is 0.00649 e. The van der Waals surface area contributed by atoms with Crippen LogP contribution in [0, 0.1) is 0 Å². The smallest absolute Gasteiger partial charge is 0.00649 e. The molecule has 0 rings (SSSR count). The molecule has 0 saturated heterocycles. The monoisotopic (exact) mass is 242 g/mol. The number of hydrogen-bond donors (Lipinski definition) is 1. The van der Waals surface area contributed by atoms with Crippen molar-refractivity contribution in [2.24, 2.45) is 0 Å². The van der Waals surface area contributed by atoms with E-state index in [-0.39, 0.29) is 0 Å². The lowest BCUT2D eigenvalue weighted by atomic mass is 10.1. The van der Waals surface area contributed by atoms with E-state index in [4.69, 9.17) is 0 Å². The summed E-state index contributed by atoms with van der Waals surface area (Å²) in [5.41, 5.74) is 0. The Kier molecular flexibility index (Phi) is 11.0. The van der Waals surface area contributed by atoms with Gasteiger partial charge in [0.05, 0.1) is 0 Å². The first-order chi connectivity index (χ1) is 8.15. The van der Waals surface area contributed by atoms with E-state index in [0.29, 0.717) is 0 Å². The lowest BCUT2D eigenvalue weighted by Crippen LogP contribution is -2.33. The van der Waals surface area contributed by atoms with Crippen molar-refractivity contribution >= 4 is 0 Å². The molecule has 17 heavy (non-hydrogen) atoms. The minimum Gasteiger partial charge on any atom is -0.314 e. The fourth-order valence-corrected chi connectivity index (χ4v) is 2.24. The van der Waals surface area contributed by atoms with Gasteiger partial charge in [-0.25, -0.2) is 0 Å². The summed E-state index contributed by atoms with van der Waals surface area (Å²) in [6.45, 7) is 11.5. The molecule has 0 aromatic carbocycles. The Bertz CT molecular complexity index is 157. The van der Waals surface area contributed by atoms with Crippen molar-refractivity contribution in [3.63, 3.8) is 0 Å². The van der Waals surface area contributed by atoms with Crippen LogP contribution in [-0.2, 0) is 0 Å². The molecule has 0 aromatic heterocycles. The van der Waals surface area contributed by atoms with E-state index >= 15 is 0 Å². The van der Waals surface area contributed by atoms with Crippen LogP contribution in [0.4, 0.5) is 0 Å². The normalized spacial score (nSPS) is 15.2. The molecular formula is C15H34N2. The molecule has 0 spiro atoms. The number of hydrogen-bond acceptors (Lipinski definition) is 2. The van der Waals surface area contributed by atoms with Gasteiger partial charge in [-0.15, -0.1) is 0 Å². The number of nitrogens with zero attached hydrogens (tertiary/aromatic N) is 1. The van der Waals surface area contributed by atoms with Crippen molar-refractivity contribution in [1.29, 1.82) is 0 Å². The lowest BCUT2D eigenvalue weighted by Gasteiger charge is -2.25. The van der Waals surface area contributed by atoms with Gasteiger partial charge < -0.3 is 10.2 Å². The molecule has 0 amide bonds. The van der Waals surface area contributed by atoms with Gasteiger partial charge in [0.15, 0.2) is 0 Å². The van der Waals surface area contributed by atoms with Crippen molar-refractivity contribution < 1.29 is 0 Å². The Morgan fingerprint density at radius 2 is 1.76 bits per heavy atom. The Hall–Kier alpha value is -0.0800. The van der Waals surface area contributed by atoms with E-state index in [1.54, 1.807) is 0 Å².